The molecule has 1 rings (SSSR count). The van der Waals surface area contributed by atoms with Gasteiger partial charge in [-0.3, -0.25) is 0 Å². The summed E-state index contributed by atoms with van der Waals surface area (Å²) < 4.78 is 10.6. The van der Waals surface area contributed by atoms with Crippen LogP contribution in [-0.4, -0.2) is 44.2 Å². The predicted octanol–water partition coefficient (Wildman–Crippen LogP) is 0.775. The van der Waals surface area contributed by atoms with Crippen LogP contribution in [0.5, 0.6) is 0 Å². The minimum absolute atomic E-state index is 0.363. The Morgan fingerprint density at radius 1 is 1.25 bits per heavy atom. The van der Waals surface area contributed by atoms with E-state index >= 15 is 0 Å². The third-order valence-corrected chi connectivity index (χ3v) is 3.28. The second-order valence-electron chi connectivity index (χ2n) is 4.54. The van der Waals surface area contributed by atoms with Crippen molar-refractivity contribution in [2.24, 2.45) is 17.6 Å². The first-order valence-corrected chi connectivity index (χ1v) is 6.31. The van der Waals surface area contributed by atoms with Crippen LogP contribution >= 0.6 is 0 Å². The minimum atomic E-state index is -0.502. The minimum Gasteiger partial charge on any atom is -0.388 e. The molecular weight excluding hydrogens is 206 g/mol. The quantitative estimate of drug-likeness (QED) is 0.648. The monoisotopic (exact) mass is 231 g/mol. The zero-order valence-corrected chi connectivity index (χ0v) is 10.2. The van der Waals surface area contributed by atoms with Crippen LogP contribution in [0.3, 0.4) is 0 Å². The summed E-state index contributed by atoms with van der Waals surface area (Å²) in [5.74, 6) is 1.20. The highest BCUT2D eigenvalue weighted by Crippen LogP contribution is 2.30. The van der Waals surface area contributed by atoms with Crippen LogP contribution in [0.4, 0.5) is 0 Å². The molecule has 96 valence electrons. The van der Waals surface area contributed by atoms with Gasteiger partial charge in [-0.05, 0) is 38.1 Å². The Balaban J connectivity index is 2.05. The van der Waals surface area contributed by atoms with Gasteiger partial charge in [-0.2, -0.15) is 0 Å². The van der Waals surface area contributed by atoms with Crippen molar-refractivity contribution in [1.29, 1.82) is 0 Å². The van der Waals surface area contributed by atoms with Crippen molar-refractivity contribution in [2.75, 3.05) is 33.0 Å². The Morgan fingerprint density at radius 3 is 2.62 bits per heavy atom. The lowest BCUT2D eigenvalue weighted by atomic mass is 9.97. The van der Waals surface area contributed by atoms with Crippen LogP contribution in [-0.2, 0) is 9.47 Å². The molecule has 0 aromatic rings. The fraction of sp³-hybridized carbons (Fsp3) is 1.00. The first-order chi connectivity index (χ1) is 7.77. The Morgan fingerprint density at radius 2 is 1.94 bits per heavy atom. The third kappa shape index (κ3) is 4.78. The highest BCUT2D eigenvalue weighted by Gasteiger charge is 2.26. The smallest absolute Gasteiger partial charge is 0.101 e. The van der Waals surface area contributed by atoms with Crippen molar-refractivity contribution in [2.45, 2.75) is 32.3 Å². The van der Waals surface area contributed by atoms with Gasteiger partial charge in [0, 0.05) is 13.2 Å². The second-order valence-corrected chi connectivity index (χ2v) is 4.54. The highest BCUT2D eigenvalue weighted by molar-refractivity contribution is 4.77. The summed E-state index contributed by atoms with van der Waals surface area (Å²) >= 11 is 0. The van der Waals surface area contributed by atoms with Gasteiger partial charge < -0.3 is 20.3 Å². The van der Waals surface area contributed by atoms with Crippen LogP contribution in [0, 0.1) is 11.8 Å². The van der Waals surface area contributed by atoms with Crippen LogP contribution in [0.25, 0.3) is 0 Å². The van der Waals surface area contributed by atoms with Gasteiger partial charge in [-0.25, -0.2) is 0 Å². The van der Waals surface area contributed by atoms with Crippen molar-refractivity contribution in [3.8, 4) is 0 Å². The molecule has 0 aromatic carbocycles. The predicted molar refractivity (Wildman–Crippen MR) is 63.2 cm³/mol. The van der Waals surface area contributed by atoms with Gasteiger partial charge in [0.1, 0.15) is 6.10 Å². The fourth-order valence-electron chi connectivity index (χ4n) is 2.30. The Bertz CT molecular complexity index is 178. The summed E-state index contributed by atoms with van der Waals surface area (Å²) in [7, 11) is 0. The zero-order chi connectivity index (χ0) is 11.8. The molecule has 0 heterocycles. The molecule has 0 aromatic heterocycles. The maximum Gasteiger partial charge on any atom is 0.101 e. The van der Waals surface area contributed by atoms with Crippen molar-refractivity contribution in [1.82, 2.24) is 0 Å². The summed E-state index contributed by atoms with van der Waals surface area (Å²) in [6, 6.07) is 0. The SMILES string of the molecule is CCOCC(O)COCC1CCCC1CN. The lowest BCUT2D eigenvalue weighted by Crippen LogP contribution is -2.26. The highest BCUT2D eigenvalue weighted by atomic mass is 16.5. The summed E-state index contributed by atoms with van der Waals surface area (Å²) in [5, 5.41) is 9.50. The standard InChI is InChI=1S/C12H25NO3/c1-2-15-8-12(14)9-16-7-11-5-3-4-10(11)6-13/h10-12,14H,2-9,13H2,1H3. The molecule has 4 nitrogen and oxygen atoms in total. The largest absolute Gasteiger partial charge is 0.388 e. The molecule has 0 spiro atoms. The normalized spacial score (nSPS) is 27.2. The molecule has 0 amide bonds. The molecule has 16 heavy (non-hydrogen) atoms. The van der Waals surface area contributed by atoms with E-state index < -0.39 is 6.10 Å². The topological polar surface area (TPSA) is 64.7 Å². The molecular formula is C12H25NO3. The maximum absolute atomic E-state index is 9.50. The van der Waals surface area contributed by atoms with E-state index in [1.54, 1.807) is 0 Å². The van der Waals surface area contributed by atoms with Crippen molar-refractivity contribution in [3.63, 3.8) is 0 Å². The maximum atomic E-state index is 9.50. The van der Waals surface area contributed by atoms with Crippen molar-refractivity contribution in [3.05, 3.63) is 0 Å². The fourth-order valence-corrected chi connectivity index (χ4v) is 2.30. The van der Waals surface area contributed by atoms with E-state index in [0.717, 1.165) is 13.2 Å². The molecule has 0 bridgehead atoms. The summed E-state index contributed by atoms with van der Waals surface area (Å²) in [6.45, 7) is 4.77. The van der Waals surface area contributed by atoms with E-state index in [1.165, 1.54) is 19.3 Å². The van der Waals surface area contributed by atoms with Gasteiger partial charge in [-0.1, -0.05) is 6.42 Å². The summed E-state index contributed by atoms with van der Waals surface area (Å²) in [5.41, 5.74) is 5.70. The second kappa shape index (κ2) is 8.01. The summed E-state index contributed by atoms with van der Waals surface area (Å²) in [6.07, 6.45) is 3.20. The Labute approximate surface area is 98.1 Å². The first-order valence-electron chi connectivity index (χ1n) is 6.31. The number of rotatable bonds is 8. The average Bonchev–Trinajstić information content (AvgIpc) is 2.74. The van der Waals surface area contributed by atoms with Gasteiger partial charge >= 0.3 is 0 Å². The van der Waals surface area contributed by atoms with Crippen LogP contribution in [0.1, 0.15) is 26.2 Å². The number of aliphatic hydroxyl groups excluding tert-OH is 1. The van der Waals surface area contributed by atoms with E-state index in [-0.39, 0.29) is 0 Å². The van der Waals surface area contributed by atoms with Gasteiger partial charge in [0.25, 0.3) is 0 Å². The van der Waals surface area contributed by atoms with Crippen molar-refractivity contribution < 1.29 is 14.6 Å². The lowest BCUT2D eigenvalue weighted by molar-refractivity contribution is -0.0262. The first kappa shape index (κ1) is 13.9. The molecule has 1 aliphatic rings. The molecule has 3 unspecified atom stereocenters. The molecule has 1 aliphatic carbocycles. The lowest BCUT2D eigenvalue weighted by Gasteiger charge is -2.19. The van der Waals surface area contributed by atoms with Crippen LogP contribution in [0.15, 0.2) is 0 Å². The number of ether oxygens (including phenoxy) is 2. The molecule has 3 N–H and O–H groups in total. The molecule has 0 aliphatic heterocycles. The molecule has 0 radical (unpaired) electrons. The molecule has 1 saturated carbocycles. The van der Waals surface area contributed by atoms with Gasteiger partial charge in [0.05, 0.1) is 13.2 Å². The Hall–Kier alpha value is -0.160. The van der Waals surface area contributed by atoms with E-state index in [1.807, 2.05) is 6.92 Å². The van der Waals surface area contributed by atoms with Crippen LogP contribution in [0.2, 0.25) is 0 Å². The van der Waals surface area contributed by atoms with Gasteiger partial charge in [0.2, 0.25) is 0 Å². The number of nitrogens with two attached hydrogens (primary N) is 1. The summed E-state index contributed by atoms with van der Waals surface area (Å²) in [4.78, 5) is 0. The molecule has 0 saturated heterocycles. The third-order valence-electron chi connectivity index (χ3n) is 3.28. The van der Waals surface area contributed by atoms with Crippen LogP contribution < -0.4 is 5.73 Å². The van der Waals surface area contributed by atoms with Gasteiger partial charge in [-0.15, -0.1) is 0 Å². The average molecular weight is 231 g/mol. The molecule has 4 heteroatoms. The number of aliphatic hydroxyl groups is 1. The zero-order valence-electron chi connectivity index (χ0n) is 10.2. The van der Waals surface area contributed by atoms with E-state index in [2.05, 4.69) is 0 Å². The molecule has 1 fully saturated rings. The van der Waals surface area contributed by atoms with Crippen molar-refractivity contribution >= 4 is 0 Å². The Kier molecular flexibility index (Phi) is 6.96. The van der Waals surface area contributed by atoms with E-state index in [4.69, 9.17) is 15.2 Å². The number of hydrogen-bond donors (Lipinski definition) is 2. The van der Waals surface area contributed by atoms with E-state index in [9.17, 15) is 5.11 Å². The van der Waals surface area contributed by atoms with E-state index in [0.29, 0.717) is 31.7 Å². The number of hydrogen-bond acceptors (Lipinski definition) is 4. The molecule has 3 atom stereocenters. The van der Waals surface area contributed by atoms with Gasteiger partial charge in [0.15, 0.2) is 0 Å².